The van der Waals surface area contributed by atoms with Gasteiger partial charge in [-0.25, -0.2) is 0 Å². The van der Waals surface area contributed by atoms with Crippen molar-refractivity contribution in [2.45, 2.75) is 20.3 Å². The maximum Gasteiger partial charge on any atom is 0.0195 e. The topological polar surface area (TPSA) is 38.0 Å². The van der Waals surface area contributed by atoms with Crippen molar-refractivity contribution in [2.24, 2.45) is 5.73 Å². The van der Waals surface area contributed by atoms with Crippen LogP contribution < -0.4 is 11.1 Å². The molecule has 0 saturated carbocycles. The van der Waals surface area contributed by atoms with Crippen molar-refractivity contribution < 1.29 is 0 Å². The van der Waals surface area contributed by atoms with Crippen LogP contribution in [0.2, 0.25) is 0 Å². The van der Waals surface area contributed by atoms with E-state index < -0.39 is 0 Å². The molecule has 0 aliphatic heterocycles. The van der Waals surface area contributed by atoms with Crippen LogP contribution >= 0.6 is 0 Å². The Balaban J connectivity index is 4.47. The number of nitrogens with one attached hydrogen (secondary N) is 1. The van der Waals surface area contributed by atoms with E-state index in [1.165, 1.54) is 11.3 Å². The monoisotopic (exact) mass is 154 g/mol. The summed E-state index contributed by atoms with van der Waals surface area (Å²) in [5.74, 6) is 0. The van der Waals surface area contributed by atoms with Crippen molar-refractivity contribution in [1.29, 1.82) is 0 Å². The molecule has 0 bridgehead atoms. The van der Waals surface area contributed by atoms with E-state index in [0.29, 0.717) is 6.54 Å². The summed E-state index contributed by atoms with van der Waals surface area (Å²) in [7, 11) is 1.93. The summed E-state index contributed by atoms with van der Waals surface area (Å²) < 4.78 is 0. The van der Waals surface area contributed by atoms with Gasteiger partial charge in [0, 0.05) is 19.3 Å². The highest BCUT2D eigenvalue weighted by Gasteiger charge is 1.96. The second kappa shape index (κ2) is 5.98. The van der Waals surface area contributed by atoms with Crippen LogP contribution in [0.1, 0.15) is 20.3 Å². The van der Waals surface area contributed by atoms with Crippen LogP contribution in [0.15, 0.2) is 23.4 Å². The van der Waals surface area contributed by atoms with Crippen LogP contribution in [0.3, 0.4) is 0 Å². The van der Waals surface area contributed by atoms with E-state index in [0.717, 1.165) is 6.42 Å². The molecule has 0 saturated heterocycles. The van der Waals surface area contributed by atoms with Gasteiger partial charge < -0.3 is 11.1 Å². The summed E-state index contributed by atoms with van der Waals surface area (Å²) in [4.78, 5) is 0. The van der Waals surface area contributed by atoms with E-state index in [1.807, 2.05) is 20.0 Å². The summed E-state index contributed by atoms with van der Waals surface area (Å²) in [5.41, 5.74) is 7.98. The van der Waals surface area contributed by atoms with Gasteiger partial charge in [0.05, 0.1) is 0 Å². The van der Waals surface area contributed by atoms with Gasteiger partial charge in [-0.2, -0.15) is 0 Å². The average molecular weight is 154 g/mol. The number of allylic oxidation sites excluding steroid dienone is 2. The largest absolute Gasteiger partial charge is 0.391 e. The third-order valence-electron chi connectivity index (χ3n) is 1.63. The maximum absolute atomic E-state index is 5.56. The first-order valence-corrected chi connectivity index (χ1v) is 4.02. The fraction of sp³-hybridized carbons (Fsp3) is 0.556. The first-order valence-electron chi connectivity index (χ1n) is 4.02. The SMILES string of the molecule is C/C=C\C(CN)=C(/CC)NC. The maximum atomic E-state index is 5.56. The lowest BCUT2D eigenvalue weighted by molar-refractivity contribution is 0.871. The molecular formula is C9H18N2. The number of hydrogen-bond donors (Lipinski definition) is 2. The molecule has 64 valence electrons. The number of hydrogen-bond acceptors (Lipinski definition) is 2. The molecule has 0 aromatic carbocycles. The number of rotatable bonds is 4. The lowest BCUT2D eigenvalue weighted by Gasteiger charge is -2.07. The second-order valence-corrected chi connectivity index (χ2v) is 2.31. The fourth-order valence-corrected chi connectivity index (χ4v) is 1.06. The van der Waals surface area contributed by atoms with E-state index in [4.69, 9.17) is 5.73 Å². The molecule has 0 unspecified atom stereocenters. The molecule has 2 heteroatoms. The van der Waals surface area contributed by atoms with E-state index in [1.54, 1.807) is 0 Å². The average Bonchev–Trinajstić information content (AvgIpc) is 2.05. The van der Waals surface area contributed by atoms with Gasteiger partial charge in [0.2, 0.25) is 0 Å². The molecule has 0 aliphatic rings. The Kier molecular flexibility index (Phi) is 5.57. The lowest BCUT2D eigenvalue weighted by Crippen LogP contribution is -2.13. The van der Waals surface area contributed by atoms with Gasteiger partial charge >= 0.3 is 0 Å². The standard InChI is InChI=1S/C9H18N2/c1-4-6-8(7-10)9(5-2)11-3/h4,6,11H,5,7,10H2,1-3H3/b6-4-,9-8-. The molecule has 0 amide bonds. The highest BCUT2D eigenvalue weighted by Crippen LogP contribution is 2.04. The van der Waals surface area contributed by atoms with Crippen LogP contribution in [-0.2, 0) is 0 Å². The van der Waals surface area contributed by atoms with Gasteiger partial charge in [-0.15, -0.1) is 0 Å². The van der Waals surface area contributed by atoms with Crippen molar-refractivity contribution in [3.05, 3.63) is 23.4 Å². The van der Waals surface area contributed by atoms with Crippen molar-refractivity contribution in [1.82, 2.24) is 5.32 Å². The molecule has 0 aromatic rings. The van der Waals surface area contributed by atoms with Gasteiger partial charge in [-0.05, 0) is 18.9 Å². The normalized spacial score (nSPS) is 13.5. The van der Waals surface area contributed by atoms with Crippen LogP contribution in [-0.4, -0.2) is 13.6 Å². The third kappa shape index (κ3) is 3.23. The minimum absolute atomic E-state index is 0.606. The van der Waals surface area contributed by atoms with Gasteiger partial charge in [0.25, 0.3) is 0 Å². The Labute approximate surface area is 69.2 Å². The number of nitrogens with two attached hydrogens (primary N) is 1. The quantitative estimate of drug-likeness (QED) is 0.601. The summed E-state index contributed by atoms with van der Waals surface area (Å²) in [6, 6.07) is 0. The smallest absolute Gasteiger partial charge is 0.0195 e. The Morgan fingerprint density at radius 1 is 1.55 bits per heavy atom. The van der Waals surface area contributed by atoms with Crippen LogP contribution in [0, 0.1) is 0 Å². The van der Waals surface area contributed by atoms with E-state index >= 15 is 0 Å². The van der Waals surface area contributed by atoms with Gasteiger partial charge in [0.15, 0.2) is 0 Å². The van der Waals surface area contributed by atoms with Gasteiger partial charge in [-0.1, -0.05) is 19.1 Å². The first kappa shape index (κ1) is 10.2. The molecule has 0 aliphatic carbocycles. The van der Waals surface area contributed by atoms with Crippen molar-refractivity contribution in [2.75, 3.05) is 13.6 Å². The predicted molar refractivity (Wildman–Crippen MR) is 50.2 cm³/mol. The summed E-state index contributed by atoms with van der Waals surface area (Å²) >= 11 is 0. The van der Waals surface area contributed by atoms with E-state index in [9.17, 15) is 0 Å². The molecule has 0 spiro atoms. The van der Waals surface area contributed by atoms with Gasteiger partial charge in [0.1, 0.15) is 0 Å². The second-order valence-electron chi connectivity index (χ2n) is 2.31. The van der Waals surface area contributed by atoms with Crippen LogP contribution in [0.5, 0.6) is 0 Å². The van der Waals surface area contributed by atoms with E-state index in [-0.39, 0.29) is 0 Å². The van der Waals surface area contributed by atoms with Crippen LogP contribution in [0.4, 0.5) is 0 Å². The molecule has 0 rings (SSSR count). The third-order valence-corrected chi connectivity index (χ3v) is 1.63. The highest BCUT2D eigenvalue weighted by atomic mass is 14.8. The van der Waals surface area contributed by atoms with E-state index in [2.05, 4.69) is 18.3 Å². The summed E-state index contributed by atoms with van der Waals surface area (Å²) in [5, 5.41) is 3.14. The minimum atomic E-state index is 0.606. The molecule has 3 N–H and O–H groups in total. The zero-order valence-electron chi connectivity index (χ0n) is 7.65. The minimum Gasteiger partial charge on any atom is -0.391 e. The molecular weight excluding hydrogens is 136 g/mol. The zero-order valence-corrected chi connectivity index (χ0v) is 7.65. The van der Waals surface area contributed by atoms with Gasteiger partial charge in [-0.3, -0.25) is 0 Å². The Hall–Kier alpha value is -0.760. The van der Waals surface area contributed by atoms with Crippen LogP contribution in [0.25, 0.3) is 0 Å². The molecule has 0 radical (unpaired) electrons. The van der Waals surface area contributed by atoms with Crippen molar-refractivity contribution in [3.8, 4) is 0 Å². The predicted octanol–water partition coefficient (Wildman–Crippen LogP) is 1.40. The Bertz CT molecular complexity index is 151. The summed E-state index contributed by atoms with van der Waals surface area (Å²) in [6.45, 7) is 4.72. The molecule has 2 nitrogen and oxygen atoms in total. The Morgan fingerprint density at radius 2 is 2.18 bits per heavy atom. The first-order chi connectivity index (χ1) is 5.29. The molecule has 0 fully saturated rings. The molecule has 0 aromatic heterocycles. The highest BCUT2D eigenvalue weighted by molar-refractivity contribution is 5.25. The fourth-order valence-electron chi connectivity index (χ4n) is 1.06. The van der Waals surface area contributed by atoms with Crippen molar-refractivity contribution >= 4 is 0 Å². The summed E-state index contributed by atoms with van der Waals surface area (Å²) in [6.07, 6.45) is 5.07. The molecule has 0 atom stereocenters. The van der Waals surface area contributed by atoms with Crippen molar-refractivity contribution in [3.63, 3.8) is 0 Å². The Morgan fingerprint density at radius 3 is 2.45 bits per heavy atom. The molecule has 0 heterocycles. The molecule has 11 heavy (non-hydrogen) atoms. The zero-order chi connectivity index (χ0) is 8.69. The lowest BCUT2D eigenvalue weighted by atomic mass is 10.1.